The molecule has 0 nitrogen and oxygen atoms in total. The Bertz CT molecular complexity index is 2440. The smallest absolute Gasteiger partial charge is 0.0526 e. The van der Waals surface area contributed by atoms with Crippen molar-refractivity contribution >= 4 is 28.6 Å². The number of hydrogen-bond donors (Lipinski definition) is 0. The van der Waals surface area contributed by atoms with Crippen LogP contribution in [-0.4, -0.2) is 0 Å². The van der Waals surface area contributed by atoms with Crippen LogP contribution in [0.5, 0.6) is 0 Å². The van der Waals surface area contributed by atoms with E-state index in [-0.39, 0.29) is 5.41 Å². The molecule has 46 heavy (non-hydrogen) atoms. The third kappa shape index (κ3) is 3.16. The highest BCUT2D eigenvalue weighted by molar-refractivity contribution is 8.00. The van der Waals surface area contributed by atoms with Crippen LogP contribution in [0.1, 0.15) is 39.3 Å². The molecule has 0 aromatic heterocycles. The van der Waals surface area contributed by atoms with Gasteiger partial charge < -0.3 is 0 Å². The highest BCUT2D eigenvalue weighted by atomic mass is 32.2. The lowest BCUT2D eigenvalue weighted by Gasteiger charge is -2.40. The van der Waals surface area contributed by atoms with Gasteiger partial charge in [-0.3, -0.25) is 0 Å². The molecule has 0 fully saturated rings. The molecule has 214 valence electrons. The topological polar surface area (TPSA) is 0 Å². The van der Waals surface area contributed by atoms with E-state index in [0.717, 1.165) is 0 Å². The quantitative estimate of drug-likeness (QED) is 0.194. The molecule has 3 atom stereocenters. The van der Waals surface area contributed by atoms with Gasteiger partial charge in [-0.15, -0.1) is 0 Å². The van der Waals surface area contributed by atoms with E-state index in [1.807, 2.05) is 11.8 Å². The van der Waals surface area contributed by atoms with E-state index < -0.39 is 0 Å². The van der Waals surface area contributed by atoms with E-state index in [2.05, 4.69) is 158 Å². The minimum atomic E-state index is -0.259. The van der Waals surface area contributed by atoms with Crippen LogP contribution in [0.25, 0.3) is 50.2 Å². The molecule has 1 heterocycles. The Hall–Kier alpha value is -5.11. The van der Waals surface area contributed by atoms with E-state index >= 15 is 0 Å². The van der Waals surface area contributed by atoms with Crippen molar-refractivity contribution < 1.29 is 0 Å². The SMILES string of the molecule is C1=CC2C(c3ccccc31)c1c3cc-3cc1C2(c1ccccc1)c1ccc(-c2cccc3c2Sc2cccc4cccc-3c24)cc1. The minimum absolute atomic E-state index is 0.259. The minimum Gasteiger partial charge on any atom is -0.0881 e. The van der Waals surface area contributed by atoms with Crippen LogP contribution in [0.2, 0.25) is 0 Å². The van der Waals surface area contributed by atoms with Crippen LogP contribution in [0.3, 0.4) is 0 Å². The first-order valence-electron chi connectivity index (χ1n) is 16.3. The highest BCUT2D eigenvalue weighted by Crippen LogP contribution is 2.67. The fourth-order valence-electron chi connectivity index (χ4n) is 9.17. The lowest BCUT2D eigenvalue weighted by molar-refractivity contribution is 0.451. The maximum absolute atomic E-state index is 2.52. The van der Waals surface area contributed by atoms with Gasteiger partial charge in [0, 0.05) is 27.0 Å². The predicted octanol–water partition coefficient (Wildman–Crippen LogP) is 11.7. The van der Waals surface area contributed by atoms with Crippen molar-refractivity contribution in [3.63, 3.8) is 0 Å². The summed E-state index contributed by atoms with van der Waals surface area (Å²) >= 11 is 1.92. The number of allylic oxidation sites excluding steroid dienone is 1. The summed E-state index contributed by atoms with van der Waals surface area (Å²) in [4.78, 5) is 2.69. The van der Waals surface area contributed by atoms with Crippen LogP contribution >= 0.6 is 11.8 Å². The first kappa shape index (κ1) is 25.1. The van der Waals surface area contributed by atoms with Crippen LogP contribution in [0, 0.1) is 5.92 Å². The molecule has 0 radical (unpaired) electrons. The molecule has 6 aromatic carbocycles. The molecule has 6 aromatic rings. The van der Waals surface area contributed by atoms with Gasteiger partial charge in [0.25, 0.3) is 0 Å². The Kier molecular flexibility index (Phi) is 4.91. The van der Waals surface area contributed by atoms with E-state index in [1.165, 1.54) is 81.8 Å². The third-order valence-electron chi connectivity index (χ3n) is 11.1. The first-order chi connectivity index (χ1) is 22.8. The van der Waals surface area contributed by atoms with Crippen molar-refractivity contribution in [2.45, 2.75) is 21.1 Å². The van der Waals surface area contributed by atoms with Gasteiger partial charge in [-0.2, -0.15) is 0 Å². The number of rotatable bonds is 3. The summed E-state index contributed by atoms with van der Waals surface area (Å²) in [5, 5.41) is 2.69. The number of benzene rings is 7. The Morgan fingerprint density at radius 3 is 2.17 bits per heavy atom. The third-order valence-corrected chi connectivity index (χ3v) is 12.3. The summed E-state index contributed by atoms with van der Waals surface area (Å²) in [7, 11) is 0. The van der Waals surface area contributed by atoms with Crippen LogP contribution in [0.4, 0.5) is 0 Å². The standard InChI is InChI=1S/C45H28S/c1-2-12-31(13-3-1)45(38-24-21-27-9-4-5-14-33(27)42(38)43-37-25-30(37)26-39(43)45)32-22-19-28(20-23-32)34-15-8-17-36-35-16-6-10-29-11-7-18-40(41(29)35)46-44(34)36/h1-26,38,42H. The molecule has 1 heteroatoms. The lowest BCUT2D eigenvalue weighted by atomic mass is 9.61. The van der Waals surface area contributed by atoms with Gasteiger partial charge >= 0.3 is 0 Å². The fraction of sp³-hybridized carbons (Fsp3) is 0.0667. The molecule has 0 N–H and O–H groups in total. The van der Waals surface area contributed by atoms with Crippen molar-refractivity contribution in [1.82, 2.24) is 0 Å². The van der Waals surface area contributed by atoms with E-state index in [4.69, 9.17) is 0 Å². The summed E-state index contributed by atoms with van der Waals surface area (Å²) < 4.78 is 0. The highest BCUT2D eigenvalue weighted by Gasteiger charge is 2.57. The number of fused-ring (bicyclic) bond motifs is 9. The average molecular weight is 601 g/mol. The van der Waals surface area contributed by atoms with E-state index in [0.29, 0.717) is 11.8 Å². The summed E-state index contributed by atoms with van der Waals surface area (Å²) in [5.74, 6) is 0.649. The van der Waals surface area contributed by atoms with Crippen molar-refractivity contribution in [3.8, 4) is 33.4 Å². The normalized spacial score (nSPS) is 20.5. The van der Waals surface area contributed by atoms with E-state index in [9.17, 15) is 0 Å². The van der Waals surface area contributed by atoms with Crippen molar-refractivity contribution in [2.24, 2.45) is 5.92 Å². The van der Waals surface area contributed by atoms with Gasteiger partial charge in [0.15, 0.2) is 0 Å². The van der Waals surface area contributed by atoms with Gasteiger partial charge in [-0.25, -0.2) is 0 Å². The zero-order valence-corrected chi connectivity index (χ0v) is 25.9. The summed E-state index contributed by atoms with van der Waals surface area (Å²) in [5.41, 5.74) is 16.5. The zero-order valence-electron chi connectivity index (χ0n) is 25.1. The molecule has 5 aliphatic rings. The number of hydrogen-bond acceptors (Lipinski definition) is 1. The second-order valence-corrected chi connectivity index (χ2v) is 14.2. The van der Waals surface area contributed by atoms with Crippen molar-refractivity contribution in [2.75, 3.05) is 0 Å². The van der Waals surface area contributed by atoms with Crippen LogP contribution < -0.4 is 0 Å². The maximum atomic E-state index is 2.52. The summed E-state index contributed by atoms with van der Waals surface area (Å²) in [6.45, 7) is 0. The molecule has 4 aliphatic carbocycles. The Morgan fingerprint density at radius 1 is 0.543 bits per heavy atom. The van der Waals surface area contributed by atoms with Gasteiger partial charge in [0.2, 0.25) is 0 Å². The zero-order chi connectivity index (χ0) is 30.0. The molecule has 1 aliphatic heterocycles. The van der Waals surface area contributed by atoms with Gasteiger partial charge in [-0.05, 0) is 90.3 Å². The molecule has 0 spiro atoms. The Morgan fingerprint density at radius 2 is 1.28 bits per heavy atom. The molecular formula is C45H28S. The monoisotopic (exact) mass is 600 g/mol. The Balaban J connectivity index is 1.10. The van der Waals surface area contributed by atoms with E-state index in [1.54, 1.807) is 5.56 Å². The molecular weight excluding hydrogens is 573 g/mol. The molecule has 11 rings (SSSR count). The lowest BCUT2D eigenvalue weighted by Crippen LogP contribution is -2.35. The van der Waals surface area contributed by atoms with Gasteiger partial charge in [0.05, 0.1) is 5.41 Å². The molecule has 0 amide bonds. The second-order valence-electron chi connectivity index (χ2n) is 13.2. The van der Waals surface area contributed by atoms with Gasteiger partial charge in [0.1, 0.15) is 0 Å². The van der Waals surface area contributed by atoms with Crippen LogP contribution in [0.15, 0.2) is 161 Å². The predicted molar refractivity (Wildman–Crippen MR) is 192 cm³/mol. The molecule has 0 saturated carbocycles. The first-order valence-corrected chi connectivity index (χ1v) is 17.1. The molecule has 0 bridgehead atoms. The molecule has 0 saturated heterocycles. The average Bonchev–Trinajstić information content (AvgIpc) is 3.68. The van der Waals surface area contributed by atoms with Gasteiger partial charge in [-0.1, -0.05) is 151 Å². The largest absolute Gasteiger partial charge is 0.0881 e. The summed E-state index contributed by atoms with van der Waals surface area (Å²) in [6, 6.07) is 55.1. The Labute approximate surface area is 273 Å². The summed E-state index contributed by atoms with van der Waals surface area (Å²) in [6.07, 6.45) is 4.90. The second kappa shape index (κ2) is 9.00. The maximum Gasteiger partial charge on any atom is 0.0526 e. The van der Waals surface area contributed by atoms with Crippen molar-refractivity contribution in [3.05, 3.63) is 185 Å². The fourth-order valence-corrected chi connectivity index (χ4v) is 10.4. The van der Waals surface area contributed by atoms with Crippen LogP contribution in [-0.2, 0) is 5.41 Å². The van der Waals surface area contributed by atoms with Crippen molar-refractivity contribution in [1.29, 1.82) is 0 Å². The molecule has 3 unspecified atom stereocenters.